The molecule has 1 fully saturated rings. The Labute approximate surface area is 122 Å². The van der Waals surface area contributed by atoms with Gasteiger partial charge in [0.25, 0.3) is 0 Å². The van der Waals surface area contributed by atoms with Crippen molar-refractivity contribution in [2.45, 2.75) is 25.7 Å². The molecule has 4 nitrogen and oxygen atoms in total. The Hall–Kier alpha value is -0.620. The number of rotatable bonds is 4. The van der Waals surface area contributed by atoms with Crippen molar-refractivity contribution in [2.75, 3.05) is 31.6 Å². The molecule has 0 saturated carbocycles. The third-order valence-corrected chi connectivity index (χ3v) is 3.90. The molecule has 1 heterocycles. The quantitative estimate of drug-likeness (QED) is 0.884. The molecule has 0 bridgehead atoms. The lowest BCUT2D eigenvalue weighted by atomic mass is 10.1. The molecule has 19 heavy (non-hydrogen) atoms. The molecular weight excluding hydrogens is 308 g/mol. The summed E-state index contributed by atoms with van der Waals surface area (Å²) in [6.07, 6.45) is 0.0300. The van der Waals surface area contributed by atoms with Gasteiger partial charge in [0.1, 0.15) is 0 Å². The summed E-state index contributed by atoms with van der Waals surface area (Å²) in [7, 11) is 1.94. The SMILES string of the molecule is CNCc1ccc(N2CC(C)OC(CO)C2)c(Br)c1. The highest BCUT2D eigenvalue weighted by Crippen LogP contribution is 2.29. The van der Waals surface area contributed by atoms with Gasteiger partial charge in [-0.2, -0.15) is 0 Å². The third kappa shape index (κ3) is 3.69. The van der Waals surface area contributed by atoms with Crippen LogP contribution in [0.3, 0.4) is 0 Å². The lowest BCUT2D eigenvalue weighted by Gasteiger charge is -2.38. The van der Waals surface area contributed by atoms with Crippen molar-refractivity contribution < 1.29 is 9.84 Å². The zero-order valence-corrected chi connectivity index (χ0v) is 13.0. The van der Waals surface area contributed by atoms with Gasteiger partial charge in [-0.1, -0.05) is 6.07 Å². The summed E-state index contributed by atoms with van der Waals surface area (Å²) < 4.78 is 6.76. The minimum atomic E-state index is -0.104. The van der Waals surface area contributed by atoms with Crippen molar-refractivity contribution >= 4 is 21.6 Å². The Balaban J connectivity index is 2.16. The highest BCUT2D eigenvalue weighted by Gasteiger charge is 2.25. The minimum Gasteiger partial charge on any atom is -0.394 e. The molecule has 5 heteroatoms. The molecule has 0 aromatic heterocycles. The first kappa shape index (κ1) is 14.8. The first-order valence-corrected chi connectivity index (χ1v) is 7.37. The van der Waals surface area contributed by atoms with Crippen LogP contribution < -0.4 is 10.2 Å². The normalized spacial score (nSPS) is 23.7. The van der Waals surface area contributed by atoms with Gasteiger partial charge in [-0.15, -0.1) is 0 Å². The topological polar surface area (TPSA) is 44.7 Å². The van der Waals surface area contributed by atoms with E-state index in [0.29, 0.717) is 0 Å². The predicted molar refractivity (Wildman–Crippen MR) is 80.5 cm³/mol. The first-order valence-electron chi connectivity index (χ1n) is 6.58. The second kappa shape index (κ2) is 6.70. The second-order valence-corrected chi connectivity index (χ2v) is 5.83. The van der Waals surface area contributed by atoms with Crippen LogP contribution >= 0.6 is 15.9 Å². The van der Waals surface area contributed by atoms with E-state index in [1.807, 2.05) is 14.0 Å². The molecule has 106 valence electrons. The molecule has 2 atom stereocenters. The van der Waals surface area contributed by atoms with Gasteiger partial charge in [0, 0.05) is 24.1 Å². The van der Waals surface area contributed by atoms with Crippen molar-refractivity contribution in [1.29, 1.82) is 0 Å². The Morgan fingerprint density at radius 2 is 2.26 bits per heavy atom. The van der Waals surface area contributed by atoms with Crippen LogP contribution in [0.15, 0.2) is 22.7 Å². The summed E-state index contributed by atoms with van der Waals surface area (Å²) >= 11 is 3.64. The summed E-state index contributed by atoms with van der Waals surface area (Å²) in [5.74, 6) is 0. The Morgan fingerprint density at radius 3 is 2.89 bits per heavy atom. The van der Waals surface area contributed by atoms with Crippen LogP contribution in [0.2, 0.25) is 0 Å². The second-order valence-electron chi connectivity index (χ2n) is 4.97. The molecule has 1 saturated heterocycles. The number of aliphatic hydroxyl groups is 1. The van der Waals surface area contributed by atoms with Crippen molar-refractivity contribution in [3.05, 3.63) is 28.2 Å². The molecule has 0 aliphatic carbocycles. The maximum Gasteiger partial charge on any atom is 0.0984 e. The van der Waals surface area contributed by atoms with Gasteiger partial charge in [-0.05, 0) is 47.6 Å². The molecule has 2 unspecified atom stereocenters. The molecule has 0 radical (unpaired) electrons. The van der Waals surface area contributed by atoms with Gasteiger partial charge in [0.05, 0.1) is 24.5 Å². The molecule has 0 amide bonds. The fraction of sp³-hybridized carbons (Fsp3) is 0.571. The van der Waals surface area contributed by atoms with E-state index in [0.717, 1.165) is 29.8 Å². The van der Waals surface area contributed by atoms with Crippen molar-refractivity contribution in [2.24, 2.45) is 0 Å². The third-order valence-electron chi connectivity index (χ3n) is 3.26. The number of aliphatic hydroxyl groups excluding tert-OH is 1. The zero-order valence-electron chi connectivity index (χ0n) is 11.4. The van der Waals surface area contributed by atoms with Gasteiger partial charge >= 0.3 is 0 Å². The van der Waals surface area contributed by atoms with E-state index < -0.39 is 0 Å². The van der Waals surface area contributed by atoms with Crippen LogP contribution in [-0.4, -0.2) is 44.1 Å². The van der Waals surface area contributed by atoms with Crippen LogP contribution in [0, 0.1) is 0 Å². The fourth-order valence-corrected chi connectivity index (χ4v) is 3.14. The van der Waals surface area contributed by atoms with E-state index in [2.05, 4.69) is 44.3 Å². The maximum absolute atomic E-state index is 9.29. The number of morpholine rings is 1. The predicted octanol–water partition coefficient (Wildman–Crippen LogP) is 1.75. The van der Waals surface area contributed by atoms with Crippen LogP contribution in [0.4, 0.5) is 5.69 Å². The summed E-state index contributed by atoms with van der Waals surface area (Å²) in [5.41, 5.74) is 2.41. The fourth-order valence-electron chi connectivity index (χ4n) is 2.46. The number of benzene rings is 1. The summed E-state index contributed by atoms with van der Waals surface area (Å²) in [6.45, 7) is 4.54. The summed E-state index contributed by atoms with van der Waals surface area (Å²) in [6, 6.07) is 6.40. The average molecular weight is 329 g/mol. The molecule has 1 aliphatic rings. The highest BCUT2D eigenvalue weighted by atomic mass is 79.9. The van der Waals surface area contributed by atoms with E-state index in [9.17, 15) is 5.11 Å². The smallest absolute Gasteiger partial charge is 0.0984 e. The Kier molecular flexibility index (Phi) is 5.21. The largest absolute Gasteiger partial charge is 0.394 e. The molecule has 1 aromatic carbocycles. The summed E-state index contributed by atoms with van der Waals surface area (Å²) in [5, 5.41) is 12.4. The lowest BCUT2D eigenvalue weighted by molar-refractivity contribution is -0.0421. The Morgan fingerprint density at radius 1 is 1.47 bits per heavy atom. The van der Waals surface area contributed by atoms with Crippen LogP contribution in [0.5, 0.6) is 0 Å². The van der Waals surface area contributed by atoms with E-state index in [-0.39, 0.29) is 18.8 Å². The van der Waals surface area contributed by atoms with E-state index in [4.69, 9.17) is 4.74 Å². The molecular formula is C14H21BrN2O2. The van der Waals surface area contributed by atoms with Crippen LogP contribution in [-0.2, 0) is 11.3 Å². The summed E-state index contributed by atoms with van der Waals surface area (Å²) in [4.78, 5) is 2.27. The van der Waals surface area contributed by atoms with Crippen molar-refractivity contribution in [3.8, 4) is 0 Å². The van der Waals surface area contributed by atoms with Gasteiger partial charge in [-0.3, -0.25) is 0 Å². The van der Waals surface area contributed by atoms with E-state index >= 15 is 0 Å². The minimum absolute atomic E-state index is 0.0658. The number of hydrogen-bond acceptors (Lipinski definition) is 4. The molecule has 2 N–H and O–H groups in total. The number of ether oxygens (including phenoxy) is 1. The molecule has 0 spiro atoms. The van der Waals surface area contributed by atoms with Gasteiger partial charge < -0.3 is 20.1 Å². The van der Waals surface area contributed by atoms with E-state index in [1.165, 1.54) is 5.56 Å². The highest BCUT2D eigenvalue weighted by molar-refractivity contribution is 9.10. The zero-order chi connectivity index (χ0) is 13.8. The average Bonchev–Trinajstić information content (AvgIpc) is 2.38. The van der Waals surface area contributed by atoms with E-state index in [1.54, 1.807) is 0 Å². The Bertz CT molecular complexity index is 428. The van der Waals surface area contributed by atoms with Crippen LogP contribution in [0.25, 0.3) is 0 Å². The number of anilines is 1. The lowest BCUT2D eigenvalue weighted by Crippen LogP contribution is -2.48. The number of nitrogens with zero attached hydrogens (tertiary/aromatic N) is 1. The first-order chi connectivity index (χ1) is 9.13. The molecule has 2 rings (SSSR count). The number of hydrogen-bond donors (Lipinski definition) is 2. The van der Waals surface area contributed by atoms with Crippen LogP contribution in [0.1, 0.15) is 12.5 Å². The van der Waals surface area contributed by atoms with Gasteiger partial charge in [0.15, 0.2) is 0 Å². The monoisotopic (exact) mass is 328 g/mol. The van der Waals surface area contributed by atoms with Gasteiger partial charge in [-0.25, -0.2) is 0 Å². The molecule has 1 aliphatic heterocycles. The van der Waals surface area contributed by atoms with Crippen molar-refractivity contribution in [1.82, 2.24) is 5.32 Å². The van der Waals surface area contributed by atoms with Crippen molar-refractivity contribution in [3.63, 3.8) is 0 Å². The van der Waals surface area contributed by atoms with Gasteiger partial charge in [0.2, 0.25) is 0 Å². The maximum atomic E-state index is 9.29. The number of halogens is 1. The number of nitrogens with one attached hydrogen (secondary N) is 1. The standard InChI is InChI=1S/C14H21BrN2O2/c1-10-7-17(8-12(9-18)19-10)14-4-3-11(6-16-2)5-13(14)15/h3-5,10,12,16,18H,6-9H2,1-2H3. The molecule has 1 aromatic rings.